The van der Waals surface area contributed by atoms with E-state index in [-0.39, 0.29) is 0 Å². The lowest BCUT2D eigenvalue weighted by Gasteiger charge is -2.08. The van der Waals surface area contributed by atoms with Crippen LogP contribution in [0.15, 0.2) is 22.6 Å². The van der Waals surface area contributed by atoms with Crippen LogP contribution in [0.4, 0.5) is 0 Å². The van der Waals surface area contributed by atoms with Gasteiger partial charge >= 0.3 is 0 Å². The minimum atomic E-state index is 0.424. The van der Waals surface area contributed by atoms with E-state index < -0.39 is 0 Å². The van der Waals surface area contributed by atoms with E-state index in [2.05, 4.69) is 36.3 Å². The molecule has 3 heteroatoms. The van der Waals surface area contributed by atoms with Gasteiger partial charge in [0.1, 0.15) is 5.52 Å². The van der Waals surface area contributed by atoms with Crippen LogP contribution in [0, 0.1) is 12.8 Å². The number of aryl methyl sites for hydroxylation is 1. The molecule has 1 aliphatic heterocycles. The summed E-state index contributed by atoms with van der Waals surface area (Å²) < 4.78 is 5.85. The van der Waals surface area contributed by atoms with Gasteiger partial charge in [0, 0.05) is 6.54 Å². The molecule has 2 aromatic rings. The van der Waals surface area contributed by atoms with Gasteiger partial charge in [-0.25, -0.2) is 4.98 Å². The standard InChI is InChI=1S/C13H16N2O/c1-8-3-4-11-12(5-8)16-13(15-11)10-7-14-6-9(10)2/h3-5,9-10,14H,6-7H2,1-2H3. The van der Waals surface area contributed by atoms with Gasteiger partial charge in [0.25, 0.3) is 0 Å². The summed E-state index contributed by atoms with van der Waals surface area (Å²) in [5.41, 5.74) is 3.10. The smallest absolute Gasteiger partial charge is 0.200 e. The van der Waals surface area contributed by atoms with Crippen molar-refractivity contribution in [1.29, 1.82) is 0 Å². The average molecular weight is 216 g/mol. The van der Waals surface area contributed by atoms with Gasteiger partial charge < -0.3 is 9.73 Å². The maximum Gasteiger partial charge on any atom is 0.200 e. The molecule has 1 saturated heterocycles. The highest BCUT2D eigenvalue weighted by molar-refractivity contribution is 5.73. The van der Waals surface area contributed by atoms with E-state index in [1.165, 1.54) is 5.56 Å². The Hall–Kier alpha value is -1.35. The van der Waals surface area contributed by atoms with Crippen LogP contribution in [0.3, 0.4) is 0 Å². The molecular formula is C13H16N2O. The third-order valence-corrected chi connectivity index (χ3v) is 3.40. The molecule has 84 valence electrons. The van der Waals surface area contributed by atoms with Crippen LogP contribution < -0.4 is 5.32 Å². The maximum absolute atomic E-state index is 5.85. The summed E-state index contributed by atoms with van der Waals surface area (Å²) in [6, 6.07) is 6.16. The van der Waals surface area contributed by atoms with Crippen molar-refractivity contribution >= 4 is 11.1 Å². The minimum Gasteiger partial charge on any atom is -0.440 e. The number of aromatic nitrogens is 1. The number of nitrogens with zero attached hydrogens (tertiary/aromatic N) is 1. The molecule has 1 aromatic heterocycles. The normalized spacial score (nSPS) is 25.4. The summed E-state index contributed by atoms with van der Waals surface area (Å²) in [4.78, 5) is 4.58. The van der Waals surface area contributed by atoms with Gasteiger partial charge in [-0.3, -0.25) is 0 Å². The summed E-state index contributed by atoms with van der Waals surface area (Å²) in [6.07, 6.45) is 0. The number of rotatable bonds is 1. The molecule has 2 unspecified atom stereocenters. The summed E-state index contributed by atoms with van der Waals surface area (Å²) in [7, 11) is 0. The first kappa shape index (κ1) is 9.85. The van der Waals surface area contributed by atoms with Crippen LogP contribution in [0.2, 0.25) is 0 Å². The molecular weight excluding hydrogens is 200 g/mol. The lowest BCUT2D eigenvalue weighted by atomic mass is 9.98. The van der Waals surface area contributed by atoms with Crippen molar-refractivity contribution in [2.75, 3.05) is 13.1 Å². The Morgan fingerprint density at radius 1 is 1.38 bits per heavy atom. The first-order chi connectivity index (χ1) is 7.74. The predicted molar refractivity (Wildman–Crippen MR) is 63.5 cm³/mol. The molecule has 0 amide bonds. The fourth-order valence-electron chi connectivity index (χ4n) is 2.35. The monoisotopic (exact) mass is 216 g/mol. The number of fused-ring (bicyclic) bond motifs is 1. The van der Waals surface area contributed by atoms with Crippen molar-refractivity contribution in [2.24, 2.45) is 5.92 Å². The largest absolute Gasteiger partial charge is 0.440 e. The Bertz CT molecular complexity index is 518. The predicted octanol–water partition coefficient (Wildman–Crippen LogP) is 2.46. The lowest BCUT2D eigenvalue weighted by Crippen LogP contribution is -2.08. The Morgan fingerprint density at radius 3 is 3.00 bits per heavy atom. The van der Waals surface area contributed by atoms with E-state index in [1.807, 2.05) is 6.07 Å². The topological polar surface area (TPSA) is 38.1 Å². The van der Waals surface area contributed by atoms with E-state index >= 15 is 0 Å². The molecule has 0 radical (unpaired) electrons. The maximum atomic E-state index is 5.85. The first-order valence-electron chi connectivity index (χ1n) is 5.82. The van der Waals surface area contributed by atoms with Crippen LogP contribution in [0.5, 0.6) is 0 Å². The average Bonchev–Trinajstić information content (AvgIpc) is 2.82. The third kappa shape index (κ3) is 1.52. The number of oxazole rings is 1. The lowest BCUT2D eigenvalue weighted by molar-refractivity contribution is 0.435. The van der Waals surface area contributed by atoms with Gasteiger partial charge in [0.15, 0.2) is 11.5 Å². The van der Waals surface area contributed by atoms with Gasteiger partial charge in [-0.1, -0.05) is 13.0 Å². The molecule has 0 saturated carbocycles. The number of hydrogen-bond donors (Lipinski definition) is 1. The zero-order valence-corrected chi connectivity index (χ0v) is 9.66. The quantitative estimate of drug-likeness (QED) is 0.795. The Kier molecular flexibility index (Phi) is 2.21. The van der Waals surface area contributed by atoms with Crippen LogP contribution in [-0.2, 0) is 0 Å². The van der Waals surface area contributed by atoms with E-state index in [0.29, 0.717) is 11.8 Å². The van der Waals surface area contributed by atoms with E-state index in [9.17, 15) is 0 Å². The van der Waals surface area contributed by atoms with E-state index in [1.54, 1.807) is 0 Å². The highest BCUT2D eigenvalue weighted by Crippen LogP contribution is 2.29. The molecule has 3 nitrogen and oxygen atoms in total. The van der Waals surface area contributed by atoms with E-state index in [0.717, 1.165) is 30.1 Å². The molecule has 0 spiro atoms. The second-order valence-electron chi connectivity index (χ2n) is 4.77. The number of benzene rings is 1. The Morgan fingerprint density at radius 2 is 2.25 bits per heavy atom. The molecule has 0 bridgehead atoms. The number of hydrogen-bond acceptors (Lipinski definition) is 3. The third-order valence-electron chi connectivity index (χ3n) is 3.40. The molecule has 1 aliphatic rings. The fourth-order valence-corrected chi connectivity index (χ4v) is 2.35. The fraction of sp³-hybridized carbons (Fsp3) is 0.462. The zero-order chi connectivity index (χ0) is 11.1. The van der Waals surface area contributed by atoms with Crippen molar-refractivity contribution in [2.45, 2.75) is 19.8 Å². The second-order valence-corrected chi connectivity index (χ2v) is 4.77. The molecule has 16 heavy (non-hydrogen) atoms. The van der Waals surface area contributed by atoms with Crippen LogP contribution in [0.1, 0.15) is 24.3 Å². The van der Waals surface area contributed by atoms with Crippen molar-refractivity contribution in [3.63, 3.8) is 0 Å². The molecule has 0 aliphatic carbocycles. The highest BCUT2D eigenvalue weighted by Gasteiger charge is 2.28. The van der Waals surface area contributed by atoms with Gasteiger partial charge in [0.2, 0.25) is 0 Å². The minimum absolute atomic E-state index is 0.424. The van der Waals surface area contributed by atoms with E-state index in [4.69, 9.17) is 4.42 Å². The zero-order valence-electron chi connectivity index (χ0n) is 9.66. The number of nitrogens with one attached hydrogen (secondary N) is 1. The molecule has 1 N–H and O–H groups in total. The Labute approximate surface area is 94.9 Å². The summed E-state index contributed by atoms with van der Waals surface area (Å²) >= 11 is 0. The van der Waals surface area contributed by atoms with Crippen LogP contribution >= 0.6 is 0 Å². The summed E-state index contributed by atoms with van der Waals surface area (Å²) in [6.45, 7) is 6.35. The van der Waals surface area contributed by atoms with Gasteiger partial charge in [-0.2, -0.15) is 0 Å². The SMILES string of the molecule is Cc1ccc2nc(C3CNCC3C)oc2c1. The first-order valence-corrected chi connectivity index (χ1v) is 5.82. The summed E-state index contributed by atoms with van der Waals surface area (Å²) in [5.74, 6) is 1.92. The van der Waals surface area contributed by atoms with Crippen molar-refractivity contribution in [1.82, 2.24) is 10.3 Å². The van der Waals surface area contributed by atoms with Gasteiger partial charge in [-0.15, -0.1) is 0 Å². The van der Waals surface area contributed by atoms with Gasteiger partial charge in [-0.05, 0) is 37.1 Å². The molecule has 2 heterocycles. The molecule has 1 fully saturated rings. The Balaban J connectivity index is 2.04. The molecule has 3 rings (SSSR count). The summed E-state index contributed by atoms with van der Waals surface area (Å²) in [5, 5.41) is 3.38. The molecule has 1 aromatic carbocycles. The van der Waals surface area contributed by atoms with Crippen molar-refractivity contribution in [3.8, 4) is 0 Å². The van der Waals surface area contributed by atoms with Crippen molar-refractivity contribution in [3.05, 3.63) is 29.7 Å². The highest BCUT2D eigenvalue weighted by atomic mass is 16.3. The van der Waals surface area contributed by atoms with Gasteiger partial charge in [0.05, 0.1) is 5.92 Å². The molecule has 2 atom stereocenters. The van der Waals surface area contributed by atoms with Crippen LogP contribution in [-0.4, -0.2) is 18.1 Å². The van der Waals surface area contributed by atoms with Crippen molar-refractivity contribution < 1.29 is 4.42 Å². The van der Waals surface area contributed by atoms with Crippen LogP contribution in [0.25, 0.3) is 11.1 Å². The second kappa shape index (κ2) is 3.59.